The zero-order valence-corrected chi connectivity index (χ0v) is 13.4. The molecule has 0 N–H and O–H groups in total. The number of methoxy groups -OCH3 is 1. The molecule has 0 amide bonds. The number of sulfonamides is 1. The van der Waals surface area contributed by atoms with Crippen molar-refractivity contribution >= 4 is 27.8 Å². The standard InChI is InChI=1S/C12H23NO4S2/c1-10(7-12(14)17-2)18-9-11-5-4-6-13(8-11)19(3,15)16/h10-11H,4-9H2,1-3H3. The first-order chi connectivity index (χ1) is 8.82. The molecular weight excluding hydrogens is 286 g/mol. The number of carbonyl (C=O) groups excluding carboxylic acids is 1. The molecule has 1 fully saturated rings. The van der Waals surface area contributed by atoms with E-state index in [-0.39, 0.29) is 11.2 Å². The van der Waals surface area contributed by atoms with Crippen molar-refractivity contribution in [2.75, 3.05) is 32.2 Å². The zero-order chi connectivity index (χ0) is 14.5. The first-order valence-corrected chi connectivity index (χ1v) is 9.36. The molecule has 1 saturated heterocycles. The van der Waals surface area contributed by atoms with E-state index in [1.54, 1.807) is 16.1 Å². The second kappa shape index (κ2) is 7.50. The van der Waals surface area contributed by atoms with Crippen LogP contribution in [0.25, 0.3) is 0 Å². The Hall–Kier alpha value is -0.270. The highest BCUT2D eigenvalue weighted by Gasteiger charge is 2.26. The molecule has 1 aliphatic rings. The van der Waals surface area contributed by atoms with Gasteiger partial charge in [-0.3, -0.25) is 4.79 Å². The second-order valence-corrected chi connectivity index (χ2v) is 8.51. The fraction of sp³-hybridized carbons (Fsp3) is 0.917. The number of esters is 1. The Morgan fingerprint density at radius 2 is 2.21 bits per heavy atom. The Labute approximate surface area is 120 Å². The lowest BCUT2D eigenvalue weighted by Crippen LogP contribution is -2.40. The van der Waals surface area contributed by atoms with Crippen LogP contribution in [0.15, 0.2) is 0 Å². The number of carbonyl (C=O) groups is 1. The van der Waals surface area contributed by atoms with E-state index in [0.29, 0.717) is 25.4 Å². The molecule has 2 atom stereocenters. The van der Waals surface area contributed by atoms with Gasteiger partial charge in [0, 0.05) is 18.3 Å². The van der Waals surface area contributed by atoms with Crippen molar-refractivity contribution < 1.29 is 17.9 Å². The molecular formula is C12H23NO4S2. The molecule has 7 heteroatoms. The van der Waals surface area contributed by atoms with Gasteiger partial charge in [-0.15, -0.1) is 0 Å². The fourth-order valence-electron chi connectivity index (χ4n) is 2.14. The smallest absolute Gasteiger partial charge is 0.306 e. The van der Waals surface area contributed by atoms with E-state index in [4.69, 9.17) is 0 Å². The highest BCUT2D eigenvalue weighted by atomic mass is 32.2. The van der Waals surface area contributed by atoms with Crippen LogP contribution in [0, 0.1) is 5.92 Å². The molecule has 0 aliphatic carbocycles. The lowest BCUT2D eigenvalue weighted by molar-refractivity contribution is -0.140. The van der Waals surface area contributed by atoms with Crippen molar-refractivity contribution in [3.05, 3.63) is 0 Å². The van der Waals surface area contributed by atoms with Gasteiger partial charge in [-0.2, -0.15) is 11.8 Å². The first-order valence-electron chi connectivity index (χ1n) is 6.46. The number of rotatable bonds is 6. The molecule has 19 heavy (non-hydrogen) atoms. The summed E-state index contributed by atoms with van der Waals surface area (Å²) >= 11 is 1.72. The summed E-state index contributed by atoms with van der Waals surface area (Å²) in [7, 11) is -1.68. The van der Waals surface area contributed by atoms with Crippen LogP contribution in [-0.4, -0.2) is 56.2 Å². The molecule has 0 spiro atoms. The van der Waals surface area contributed by atoms with Gasteiger partial charge in [0.2, 0.25) is 10.0 Å². The van der Waals surface area contributed by atoms with Crippen molar-refractivity contribution in [1.29, 1.82) is 0 Å². The summed E-state index contributed by atoms with van der Waals surface area (Å²) in [5.74, 6) is 1.08. The van der Waals surface area contributed by atoms with Crippen LogP contribution in [0.5, 0.6) is 0 Å². The summed E-state index contributed by atoms with van der Waals surface area (Å²) in [6, 6.07) is 0. The molecule has 0 aromatic carbocycles. The molecule has 2 unspecified atom stereocenters. The molecule has 1 aliphatic heterocycles. The van der Waals surface area contributed by atoms with E-state index in [0.717, 1.165) is 18.6 Å². The fourth-order valence-corrected chi connectivity index (χ4v) is 4.21. The van der Waals surface area contributed by atoms with Crippen molar-refractivity contribution in [2.45, 2.75) is 31.4 Å². The highest BCUT2D eigenvalue weighted by molar-refractivity contribution is 7.99. The van der Waals surface area contributed by atoms with Crippen molar-refractivity contribution in [2.24, 2.45) is 5.92 Å². The Bertz CT molecular complexity index is 397. The number of ether oxygens (including phenoxy) is 1. The highest BCUT2D eigenvalue weighted by Crippen LogP contribution is 2.25. The van der Waals surface area contributed by atoms with E-state index in [1.165, 1.54) is 13.4 Å². The van der Waals surface area contributed by atoms with Gasteiger partial charge in [-0.05, 0) is 24.5 Å². The van der Waals surface area contributed by atoms with Crippen molar-refractivity contribution in [3.63, 3.8) is 0 Å². The summed E-state index contributed by atoms with van der Waals surface area (Å²) in [6.45, 7) is 3.24. The van der Waals surface area contributed by atoms with Gasteiger partial charge in [0.1, 0.15) is 0 Å². The Kier molecular flexibility index (Phi) is 6.62. The minimum Gasteiger partial charge on any atom is -0.469 e. The van der Waals surface area contributed by atoms with E-state index < -0.39 is 10.0 Å². The molecule has 0 aromatic heterocycles. The third-order valence-corrected chi connectivity index (χ3v) is 5.92. The van der Waals surface area contributed by atoms with Gasteiger partial charge in [-0.25, -0.2) is 12.7 Å². The molecule has 112 valence electrons. The van der Waals surface area contributed by atoms with E-state index in [2.05, 4.69) is 4.74 Å². The third-order valence-electron chi connectivity index (χ3n) is 3.25. The molecule has 1 rings (SSSR count). The molecule has 1 heterocycles. The van der Waals surface area contributed by atoms with E-state index >= 15 is 0 Å². The number of piperidine rings is 1. The average molecular weight is 309 g/mol. The average Bonchev–Trinajstić information content (AvgIpc) is 2.35. The summed E-state index contributed by atoms with van der Waals surface area (Å²) < 4.78 is 29.2. The van der Waals surface area contributed by atoms with Crippen LogP contribution in [0.4, 0.5) is 0 Å². The van der Waals surface area contributed by atoms with Gasteiger partial charge in [0.05, 0.1) is 19.8 Å². The monoisotopic (exact) mass is 309 g/mol. The molecule has 0 bridgehead atoms. The summed E-state index contributed by atoms with van der Waals surface area (Å²) in [5, 5.41) is 0.209. The van der Waals surface area contributed by atoms with Crippen LogP contribution >= 0.6 is 11.8 Å². The predicted octanol–water partition coefficient (Wildman–Crippen LogP) is 1.34. The Morgan fingerprint density at radius 3 is 2.79 bits per heavy atom. The zero-order valence-electron chi connectivity index (χ0n) is 11.8. The quantitative estimate of drug-likeness (QED) is 0.693. The lowest BCUT2D eigenvalue weighted by atomic mass is 10.0. The summed E-state index contributed by atoms with van der Waals surface area (Å²) in [5.41, 5.74) is 0. The topological polar surface area (TPSA) is 63.7 Å². The van der Waals surface area contributed by atoms with Crippen LogP contribution in [-0.2, 0) is 19.6 Å². The van der Waals surface area contributed by atoms with Crippen LogP contribution < -0.4 is 0 Å². The maximum absolute atomic E-state index is 11.5. The van der Waals surface area contributed by atoms with Crippen LogP contribution in [0.3, 0.4) is 0 Å². The SMILES string of the molecule is COC(=O)CC(C)SCC1CCCN(S(C)(=O)=O)C1. The first kappa shape index (κ1) is 16.8. The molecule has 0 aromatic rings. The lowest BCUT2D eigenvalue weighted by Gasteiger charge is -2.31. The van der Waals surface area contributed by atoms with E-state index in [1.807, 2.05) is 6.92 Å². The molecule has 0 saturated carbocycles. The maximum atomic E-state index is 11.5. The number of nitrogens with zero attached hydrogens (tertiary/aromatic N) is 1. The normalized spacial score (nSPS) is 23.0. The van der Waals surface area contributed by atoms with Crippen LogP contribution in [0.2, 0.25) is 0 Å². The number of hydrogen-bond donors (Lipinski definition) is 0. The number of hydrogen-bond acceptors (Lipinski definition) is 5. The summed E-state index contributed by atoms with van der Waals surface area (Å²) in [6.07, 6.45) is 3.65. The predicted molar refractivity (Wildman–Crippen MR) is 77.7 cm³/mol. The maximum Gasteiger partial charge on any atom is 0.306 e. The summed E-state index contributed by atoms with van der Waals surface area (Å²) in [4.78, 5) is 11.1. The second-order valence-electron chi connectivity index (χ2n) is 5.05. The van der Waals surface area contributed by atoms with Crippen molar-refractivity contribution in [3.8, 4) is 0 Å². The Morgan fingerprint density at radius 1 is 1.53 bits per heavy atom. The van der Waals surface area contributed by atoms with Crippen molar-refractivity contribution in [1.82, 2.24) is 4.31 Å². The minimum atomic E-state index is -3.07. The third kappa shape index (κ3) is 6.14. The minimum absolute atomic E-state index is 0.193. The Balaban J connectivity index is 2.35. The van der Waals surface area contributed by atoms with Gasteiger partial charge < -0.3 is 4.74 Å². The van der Waals surface area contributed by atoms with Gasteiger partial charge in [0.25, 0.3) is 0 Å². The van der Waals surface area contributed by atoms with Crippen LogP contribution in [0.1, 0.15) is 26.2 Å². The molecule has 0 radical (unpaired) electrons. The van der Waals surface area contributed by atoms with Gasteiger partial charge >= 0.3 is 5.97 Å². The number of thioether (sulfide) groups is 1. The van der Waals surface area contributed by atoms with Gasteiger partial charge in [0.15, 0.2) is 0 Å². The molecule has 5 nitrogen and oxygen atoms in total. The van der Waals surface area contributed by atoms with E-state index in [9.17, 15) is 13.2 Å². The van der Waals surface area contributed by atoms with Gasteiger partial charge in [-0.1, -0.05) is 6.92 Å². The largest absolute Gasteiger partial charge is 0.469 e.